The lowest BCUT2D eigenvalue weighted by Crippen LogP contribution is -2.44. The summed E-state index contributed by atoms with van der Waals surface area (Å²) in [6, 6.07) is 6.92. The van der Waals surface area contributed by atoms with Crippen LogP contribution in [0.3, 0.4) is 0 Å². The molecule has 26 heavy (non-hydrogen) atoms. The predicted molar refractivity (Wildman–Crippen MR) is 94.7 cm³/mol. The molecule has 1 aromatic heterocycles. The van der Waals surface area contributed by atoms with Crippen molar-refractivity contribution in [1.29, 1.82) is 0 Å². The third-order valence-corrected chi connectivity index (χ3v) is 4.13. The maximum Gasteiger partial charge on any atom is 0.275 e. The van der Waals surface area contributed by atoms with Crippen LogP contribution >= 0.6 is 0 Å². The number of nitrogens with zero attached hydrogens (tertiary/aromatic N) is 2. The highest BCUT2D eigenvalue weighted by atomic mass is 16.5. The molecule has 0 atom stereocenters. The summed E-state index contributed by atoms with van der Waals surface area (Å²) in [5.41, 5.74) is 1.13. The molecule has 0 unspecified atom stereocenters. The van der Waals surface area contributed by atoms with Gasteiger partial charge in [-0.05, 0) is 36.8 Å². The fourth-order valence-electron chi connectivity index (χ4n) is 2.80. The van der Waals surface area contributed by atoms with Crippen molar-refractivity contribution in [3.63, 3.8) is 0 Å². The molecular formula is C19H20N2O5. The van der Waals surface area contributed by atoms with E-state index in [0.717, 1.165) is 6.42 Å². The highest BCUT2D eigenvalue weighted by Crippen LogP contribution is 2.25. The van der Waals surface area contributed by atoms with E-state index in [0.29, 0.717) is 35.7 Å². The minimum absolute atomic E-state index is 0.253. The first-order chi connectivity index (χ1) is 12.6. The SMILES string of the molecule is COc1ccc(OC)c(/C=C/C(=O)N2CCCN2C(=O)c2ccoc2)c1. The zero-order valence-corrected chi connectivity index (χ0v) is 14.7. The van der Waals surface area contributed by atoms with Crippen LogP contribution in [0.15, 0.2) is 47.3 Å². The first-order valence-corrected chi connectivity index (χ1v) is 8.19. The average Bonchev–Trinajstić information content (AvgIpc) is 3.37. The minimum Gasteiger partial charge on any atom is -0.497 e. The van der Waals surface area contributed by atoms with Gasteiger partial charge in [-0.3, -0.25) is 9.59 Å². The lowest BCUT2D eigenvalue weighted by molar-refractivity contribution is -0.134. The standard InChI is InChI=1S/C19H20N2O5/c1-24-16-5-6-17(25-2)14(12-16)4-7-18(22)20-9-3-10-21(20)19(23)15-8-11-26-13-15/h4-8,11-13H,3,9-10H2,1-2H3/b7-4+. The van der Waals surface area contributed by atoms with Gasteiger partial charge in [0.2, 0.25) is 0 Å². The summed E-state index contributed by atoms with van der Waals surface area (Å²) in [4.78, 5) is 25.1. The van der Waals surface area contributed by atoms with Crippen molar-refractivity contribution in [1.82, 2.24) is 10.0 Å². The number of carbonyl (C=O) groups is 2. The lowest BCUT2D eigenvalue weighted by atomic mass is 10.1. The van der Waals surface area contributed by atoms with Crippen LogP contribution in [0.25, 0.3) is 6.08 Å². The van der Waals surface area contributed by atoms with E-state index in [1.807, 2.05) is 0 Å². The third-order valence-electron chi connectivity index (χ3n) is 4.13. The molecule has 136 valence electrons. The average molecular weight is 356 g/mol. The van der Waals surface area contributed by atoms with Crippen molar-refractivity contribution in [3.05, 3.63) is 54.0 Å². The molecule has 0 bridgehead atoms. The van der Waals surface area contributed by atoms with Gasteiger partial charge in [0.15, 0.2) is 0 Å². The van der Waals surface area contributed by atoms with E-state index in [4.69, 9.17) is 13.9 Å². The fourth-order valence-corrected chi connectivity index (χ4v) is 2.80. The molecule has 0 spiro atoms. The van der Waals surface area contributed by atoms with E-state index >= 15 is 0 Å². The summed E-state index contributed by atoms with van der Waals surface area (Å²) in [5.74, 6) is 0.764. The van der Waals surface area contributed by atoms with Crippen molar-refractivity contribution in [2.75, 3.05) is 27.3 Å². The van der Waals surface area contributed by atoms with Gasteiger partial charge in [0, 0.05) is 24.7 Å². The Bertz CT molecular complexity index is 813. The third kappa shape index (κ3) is 3.56. The quantitative estimate of drug-likeness (QED) is 0.770. The molecule has 1 saturated heterocycles. The van der Waals surface area contributed by atoms with Crippen LogP contribution in [-0.4, -0.2) is 49.1 Å². The van der Waals surface area contributed by atoms with Crippen LogP contribution in [-0.2, 0) is 4.79 Å². The Kier molecular flexibility index (Phi) is 5.26. The topological polar surface area (TPSA) is 72.2 Å². The second kappa shape index (κ2) is 7.77. The molecule has 2 heterocycles. The number of hydrogen-bond donors (Lipinski definition) is 0. The van der Waals surface area contributed by atoms with Gasteiger partial charge >= 0.3 is 0 Å². The van der Waals surface area contributed by atoms with Gasteiger partial charge in [0.25, 0.3) is 11.8 Å². The molecular weight excluding hydrogens is 336 g/mol. The summed E-state index contributed by atoms with van der Waals surface area (Å²) in [7, 11) is 3.14. The van der Waals surface area contributed by atoms with Crippen LogP contribution < -0.4 is 9.47 Å². The molecule has 2 amide bonds. The van der Waals surface area contributed by atoms with Crippen molar-refractivity contribution < 1.29 is 23.5 Å². The number of rotatable bonds is 5. The largest absolute Gasteiger partial charge is 0.497 e. The lowest BCUT2D eigenvalue weighted by Gasteiger charge is -2.26. The summed E-state index contributed by atoms with van der Waals surface area (Å²) < 4.78 is 15.5. The van der Waals surface area contributed by atoms with Crippen molar-refractivity contribution in [3.8, 4) is 11.5 Å². The van der Waals surface area contributed by atoms with E-state index in [2.05, 4.69) is 0 Å². The molecule has 1 aliphatic heterocycles. The van der Waals surface area contributed by atoms with Crippen molar-refractivity contribution in [2.24, 2.45) is 0 Å². The zero-order chi connectivity index (χ0) is 18.5. The van der Waals surface area contributed by atoms with Crippen molar-refractivity contribution >= 4 is 17.9 Å². The first kappa shape index (κ1) is 17.6. The van der Waals surface area contributed by atoms with Crippen LogP contribution in [0, 0.1) is 0 Å². The number of methoxy groups -OCH3 is 2. The highest BCUT2D eigenvalue weighted by molar-refractivity contribution is 5.98. The molecule has 2 aromatic rings. The van der Waals surface area contributed by atoms with Gasteiger partial charge in [0.05, 0.1) is 26.0 Å². The van der Waals surface area contributed by atoms with E-state index < -0.39 is 0 Å². The van der Waals surface area contributed by atoms with Gasteiger partial charge in [-0.1, -0.05) is 0 Å². The van der Waals surface area contributed by atoms with E-state index in [9.17, 15) is 9.59 Å². The molecule has 1 aliphatic rings. The van der Waals surface area contributed by atoms with Crippen LogP contribution in [0.5, 0.6) is 11.5 Å². The maximum absolute atomic E-state index is 12.6. The number of benzene rings is 1. The molecule has 0 aliphatic carbocycles. The fraction of sp³-hybridized carbons (Fsp3) is 0.263. The number of amides is 2. The summed E-state index contributed by atoms with van der Waals surface area (Å²) in [5, 5.41) is 2.89. The van der Waals surface area contributed by atoms with E-state index in [1.165, 1.54) is 28.6 Å². The highest BCUT2D eigenvalue weighted by Gasteiger charge is 2.30. The van der Waals surface area contributed by atoms with Crippen molar-refractivity contribution in [2.45, 2.75) is 6.42 Å². The van der Waals surface area contributed by atoms with Gasteiger partial charge < -0.3 is 13.9 Å². The second-order valence-corrected chi connectivity index (χ2v) is 5.70. The van der Waals surface area contributed by atoms with Crippen LogP contribution in [0.4, 0.5) is 0 Å². The minimum atomic E-state index is -0.274. The molecule has 0 saturated carbocycles. The Morgan fingerprint density at radius 1 is 1.12 bits per heavy atom. The molecule has 7 nitrogen and oxygen atoms in total. The number of carbonyl (C=O) groups excluding carboxylic acids is 2. The summed E-state index contributed by atoms with van der Waals surface area (Å²) >= 11 is 0. The van der Waals surface area contributed by atoms with Gasteiger partial charge in [-0.2, -0.15) is 0 Å². The Hall–Kier alpha value is -3.22. The zero-order valence-electron chi connectivity index (χ0n) is 14.7. The molecule has 0 radical (unpaired) electrons. The Morgan fingerprint density at radius 3 is 2.62 bits per heavy atom. The van der Waals surface area contributed by atoms with E-state index in [1.54, 1.807) is 44.6 Å². The Balaban J connectivity index is 1.77. The normalized spacial score (nSPS) is 14.1. The molecule has 0 N–H and O–H groups in total. The van der Waals surface area contributed by atoms with E-state index in [-0.39, 0.29) is 11.8 Å². The molecule has 1 aromatic carbocycles. The molecule has 1 fully saturated rings. The monoisotopic (exact) mass is 356 g/mol. The summed E-state index contributed by atoms with van der Waals surface area (Å²) in [6.07, 6.45) is 6.62. The smallest absolute Gasteiger partial charge is 0.275 e. The predicted octanol–water partition coefficient (Wildman–Crippen LogP) is 2.60. The second-order valence-electron chi connectivity index (χ2n) is 5.70. The number of hydrogen-bond acceptors (Lipinski definition) is 5. The number of ether oxygens (including phenoxy) is 2. The van der Waals surface area contributed by atoms with Crippen LogP contribution in [0.2, 0.25) is 0 Å². The van der Waals surface area contributed by atoms with Gasteiger partial charge in [-0.25, -0.2) is 10.0 Å². The van der Waals surface area contributed by atoms with Gasteiger partial charge in [-0.15, -0.1) is 0 Å². The summed E-state index contributed by atoms with van der Waals surface area (Å²) in [6.45, 7) is 0.980. The first-order valence-electron chi connectivity index (χ1n) is 8.19. The maximum atomic E-state index is 12.6. The van der Waals surface area contributed by atoms with Gasteiger partial charge in [0.1, 0.15) is 17.8 Å². The Labute approximate surface area is 151 Å². The molecule has 7 heteroatoms. The van der Waals surface area contributed by atoms with Crippen LogP contribution in [0.1, 0.15) is 22.3 Å². The number of furan rings is 1. The Morgan fingerprint density at radius 2 is 1.92 bits per heavy atom. The number of hydrazine groups is 1. The molecule has 3 rings (SSSR count).